The molecule has 0 unspecified atom stereocenters. The Morgan fingerprint density at radius 1 is 1.21 bits per heavy atom. The molecule has 1 amide bonds. The predicted molar refractivity (Wildman–Crippen MR) is 90.3 cm³/mol. The summed E-state index contributed by atoms with van der Waals surface area (Å²) >= 11 is 0. The number of rotatable bonds is 5. The first kappa shape index (κ1) is 16.6. The van der Waals surface area contributed by atoms with Crippen LogP contribution in [0.3, 0.4) is 0 Å². The standard InChI is InChI=1S/C19H22N2O3/c22-14-17-19(16-4-2-1-3-5-16)21(12-13-24-17)18(23)7-6-15-8-10-20-11-9-15/h1-5,8-11,17,19,22H,6-7,12-14H2/t17-,19-/m1/s1. The van der Waals surface area contributed by atoms with Gasteiger partial charge in [-0.15, -0.1) is 0 Å². The Morgan fingerprint density at radius 3 is 2.67 bits per heavy atom. The molecule has 2 atom stereocenters. The van der Waals surface area contributed by atoms with Crippen molar-refractivity contribution in [2.45, 2.75) is 25.0 Å². The van der Waals surface area contributed by atoms with Gasteiger partial charge in [-0.25, -0.2) is 0 Å². The maximum Gasteiger partial charge on any atom is 0.223 e. The first-order valence-electron chi connectivity index (χ1n) is 8.25. The number of ether oxygens (including phenoxy) is 1. The minimum absolute atomic E-state index is 0.0856. The van der Waals surface area contributed by atoms with Crippen molar-refractivity contribution in [1.29, 1.82) is 0 Å². The smallest absolute Gasteiger partial charge is 0.223 e. The fraction of sp³-hybridized carbons (Fsp3) is 0.368. The van der Waals surface area contributed by atoms with E-state index in [0.717, 1.165) is 11.1 Å². The minimum atomic E-state index is -0.383. The van der Waals surface area contributed by atoms with Gasteiger partial charge in [0.25, 0.3) is 0 Å². The van der Waals surface area contributed by atoms with Crippen LogP contribution in [0.4, 0.5) is 0 Å². The number of hydrogen-bond donors (Lipinski definition) is 1. The number of aliphatic hydroxyl groups is 1. The molecular formula is C19H22N2O3. The zero-order valence-corrected chi connectivity index (χ0v) is 13.5. The topological polar surface area (TPSA) is 62.7 Å². The fourth-order valence-corrected chi connectivity index (χ4v) is 3.15. The first-order valence-corrected chi connectivity index (χ1v) is 8.25. The van der Waals surface area contributed by atoms with E-state index in [1.54, 1.807) is 12.4 Å². The molecule has 1 saturated heterocycles. The van der Waals surface area contributed by atoms with Gasteiger partial charge in [0.15, 0.2) is 0 Å². The second kappa shape index (κ2) is 8.04. The number of carbonyl (C=O) groups excluding carboxylic acids is 1. The number of aliphatic hydroxyl groups excluding tert-OH is 1. The Labute approximate surface area is 141 Å². The number of aromatic nitrogens is 1. The summed E-state index contributed by atoms with van der Waals surface area (Å²) in [5.74, 6) is 0.0856. The van der Waals surface area contributed by atoms with E-state index in [1.165, 1.54) is 0 Å². The molecule has 1 aliphatic heterocycles. The lowest BCUT2D eigenvalue weighted by molar-refractivity contribution is -0.149. The third kappa shape index (κ3) is 3.80. The van der Waals surface area contributed by atoms with Crippen LogP contribution in [-0.4, -0.2) is 46.8 Å². The van der Waals surface area contributed by atoms with Crippen LogP contribution in [-0.2, 0) is 16.0 Å². The number of hydrogen-bond acceptors (Lipinski definition) is 4. The number of nitrogens with zero attached hydrogens (tertiary/aromatic N) is 2. The molecule has 0 aliphatic carbocycles. The number of benzene rings is 1. The van der Waals surface area contributed by atoms with Gasteiger partial charge in [0.05, 0.1) is 19.3 Å². The van der Waals surface area contributed by atoms with Gasteiger partial charge in [-0.1, -0.05) is 30.3 Å². The Morgan fingerprint density at radius 2 is 1.96 bits per heavy atom. The largest absolute Gasteiger partial charge is 0.394 e. The molecule has 2 aromatic rings. The summed E-state index contributed by atoms with van der Waals surface area (Å²) in [6.07, 6.45) is 4.22. The van der Waals surface area contributed by atoms with Gasteiger partial charge in [-0.3, -0.25) is 9.78 Å². The van der Waals surface area contributed by atoms with Crippen LogP contribution in [0.1, 0.15) is 23.6 Å². The van der Waals surface area contributed by atoms with E-state index in [9.17, 15) is 9.90 Å². The number of morpholine rings is 1. The van der Waals surface area contributed by atoms with Gasteiger partial charge in [0.1, 0.15) is 6.10 Å². The van der Waals surface area contributed by atoms with Crippen LogP contribution in [0, 0.1) is 0 Å². The van der Waals surface area contributed by atoms with Crippen LogP contribution < -0.4 is 0 Å². The third-order valence-electron chi connectivity index (χ3n) is 4.37. The van der Waals surface area contributed by atoms with Gasteiger partial charge < -0.3 is 14.7 Å². The average Bonchev–Trinajstić information content (AvgIpc) is 2.67. The second-order valence-corrected chi connectivity index (χ2v) is 5.89. The average molecular weight is 326 g/mol. The van der Waals surface area contributed by atoms with Crippen LogP contribution in [0.5, 0.6) is 0 Å². The van der Waals surface area contributed by atoms with E-state index >= 15 is 0 Å². The molecule has 5 nitrogen and oxygen atoms in total. The molecule has 1 aromatic carbocycles. The van der Waals surface area contributed by atoms with E-state index in [1.807, 2.05) is 47.4 Å². The Bertz CT molecular complexity index is 648. The molecule has 126 valence electrons. The van der Waals surface area contributed by atoms with E-state index in [4.69, 9.17) is 4.74 Å². The van der Waals surface area contributed by atoms with Crippen LogP contribution in [0.25, 0.3) is 0 Å². The van der Waals surface area contributed by atoms with Gasteiger partial charge in [-0.2, -0.15) is 0 Å². The highest BCUT2D eigenvalue weighted by Gasteiger charge is 2.35. The van der Waals surface area contributed by atoms with Crippen molar-refractivity contribution in [1.82, 2.24) is 9.88 Å². The Balaban J connectivity index is 1.74. The molecule has 1 N–H and O–H groups in total. The lowest BCUT2D eigenvalue weighted by atomic mass is 9.97. The molecule has 5 heteroatoms. The molecule has 1 aliphatic rings. The van der Waals surface area contributed by atoms with Crippen molar-refractivity contribution >= 4 is 5.91 Å². The van der Waals surface area contributed by atoms with E-state index < -0.39 is 0 Å². The quantitative estimate of drug-likeness (QED) is 0.912. The second-order valence-electron chi connectivity index (χ2n) is 5.89. The summed E-state index contributed by atoms with van der Waals surface area (Å²) in [4.78, 5) is 18.6. The zero-order chi connectivity index (χ0) is 16.8. The van der Waals surface area contributed by atoms with Crippen LogP contribution in [0.2, 0.25) is 0 Å². The van der Waals surface area contributed by atoms with Crippen molar-refractivity contribution in [3.63, 3.8) is 0 Å². The lowest BCUT2D eigenvalue weighted by Gasteiger charge is -2.41. The van der Waals surface area contributed by atoms with Gasteiger partial charge in [0, 0.05) is 25.4 Å². The third-order valence-corrected chi connectivity index (χ3v) is 4.37. The maximum atomic E-state index is 12.8. The fourth-order valence-electron chi connectivity index (χ4n) is 3.15. The summed E-state index contributed by atoms with van der Waals surface area (Å²) in [6.45, 7) is 0.897. The molecule has 1 aromatic heterocycles. The maximum absolute atomic E-state index is 12.8. The van der Waals surface area contributed by atoms with Gasteiger partial charge in [0.2, 0.25) is 5.91 Å². The minimum Gasteiger partial charge on any atom is -0.394 e. The summed E-state index contributed by atoms with van der Waals surface area (Å²) in [5.41, 5.74) is 2.09. The van der Waals surface area contributed by atoms with Crippen molar-refractivity contribution in [2.75, 3.05) is 19.8 Å². The highest BCUT2D eigenvalue weighted by atomic mass is 16.5. The number of carbonyl (C=O) groups is 1. The van der Waals surface area contributed by atoms with Crippen LogP contribution >= 0.6 is 0 Å². The molecule has 0 spiro atoms. The Hall–Kier alpha value is -2.24. The predicted octanol–water partition coefficient (Wildman–Crippen LogP) is 1.98. The summed E-state index contributed by atoms with van der Waals surface area (Å²) in [6, 6.07) is 13.4. The zero-order valence-electron chi connectivity index (χ0n) is 13.5. The molecule has 2 heterocycles. The number of aryl methyl sites for hydroxylation is 1. The van der Waals surface area contributed by atoms with Crippen LogP contribution in [0.15, 0.2) is 54.9 Å². The molecular weight excluding hydrogens is 304 g/mol. The highest BCUT2D eigenvalue weighted by molar-refractivity contribution is 5.77. The normalized spacial score (nSPS) is 20.8. The van der Waals surface area contributed by atoms with Crippen molar-refractivity contribution in [3.8, 4) is 0 Å². The SMILES string of the molecule is O=C(CCc1ccncc1)N1CCO[C@H](CO)[C@H]1c1ccccc1. The molecule has 1 fully saturated rings. The molecule has 0 saturated carbocycles. The molecule has 0 bridgehead atoms. The van der Waals surface area contributed by atoms with Gasteiger partial charge >= 0.3 is 0 Å². The van der Waals surface area contributed by atoms with E-state index in [2.05, 4.69) is 4.98 Å². The molecule has 0 radical (unpaired) electrons. The van der Waals surface area contributed by atoms with Crippen molar-refractivity contribution in [2.24, 2.45) is 0 Å². The molecule has 24 heavy (non-hydrogen) atoms. The summed E-state index contributed by atoms with van der Waals surface area (Å²) in [7, 11) is 0. The number of pyridine rings is 1. The van der Waals surface area contributed by atoms with E-state index in [0.29, 0.717) is 26.0 Å². The highest BCUT2D eigenvalue weighted by Crippen LogP contribution is 2.30. The first-order chi connectivity index (χ1) is 11.8. The van der Waals surface area contributed by atoms with Crippen molar-refractivity contribution < 1.29 is 14.6 Å². The summed E-state index contributed by atoms with van der Waals surface area (Å²) in [5, 5.41) is 9.66. The Kier molecular flexibility index (Phi) is 5.56. The van der Waals surface area contributed by atoms with Crippen molar-refractivity contribution in [3.05, 3.63) is 66.0 Å². The monoisotopic (exact) mass is 326 g/mol. The summed E-state index contributed by atoms with van der Waals surface area (Å²) < 4.78 is 5.69. The number of amides is 1. The lowest BCUT2D eigenvalue weighted by Crippen LogP contribution is -2.49. The molecule has 3 rings (SSSR count). The van der Waals surface area contributed by atoms with Gasteiger partial charge in [-0.05, 0) is 29.7 Å². The van der Waals surface area contributed by atoms with E-state index in [-0.39, 0.29) is 24.7 Å².